The molecule has 0 aliphatic rings. The molecule has 1 aromatic carbocycles. The number of methoxy groups -OCH3 is 1. The molecule has 2 N–H and O–H groups in total. The van der Waals surface area contributed by atoms with Gasteiger partial charge in [-0.15, -0.1) is 0 Å². The van der Waals surface area contributed by atoms with E-state index in [0.717, 1.165) is 29.2 Å². The van der Waals surface area contributed by atoms with Crippen molar-refractivity contribution in [1.29, 1.82) is 0 Å². The molecule has 0 atom stereocenters. The third-order valence-electron chi connectivity index (χ3n) is 3.15. The first-order valence-corrected chi connectivity index (χ1v) is 7.08. The van der Waals surface area contributed by atoms with Gasteiger partial charge in [-0.25, -0.2) is 4.68 Å². The van der Waals surface area contributed by atoms with E-state index in [1.807, 2.05) is 24.3 Å². The van der Waals surface area contributed by atoms with E-state index in [2.05, 4.69) is 18.9 Å². The van der Waals surface area contributed by atoms with Crippen LogP contribution in [0.4, 0.5) is 0 Å². The van der Waals surface area contributed by atoms with Crippen molar-refractivity contribution < 1.29 is 4.74 Å². The summed E-state index contributed by atoms with van der Waals surface area (Å²) in [5.41, 5.74) is 8.69. The zero-order chi connectivity index (χ0) is 14.7. The maximum absolute atomic E-state index is 6.06. The number of ether oxygens (including phenoxy) is 1. The molecule has 0 aliphatic heterocycles. The Morgan fingerprint density at radius 2 is 2.15 bits per heavy atom. The Labute approximate surface area is 124 Å². The van der Waals surface area contributed by atoms with Crippen LogP contribution in [0.5, 0.6) is 5.88 Å². The van der Waals surface area contributed by atoms with Crippen LogP contribution in [0.1, 0.15) is 31.0 Å². The zero-order valence-electron chi connectivity index (χ0n) is 12.1. The molecule has 2 aromatic rings. The van der Waals surface area contributed by atoms with Gasteiger partial charge in [0.2, 0.25) is 5.88 Å². The number of nitrogens with zero attached hydrogens (tertiary/aromatic N) is 2. The van der Waals surface area contributed by atoms with Crippen molar-refractivity contribution in [2.24, 2.45) is 5.73 Å². The average molecular weight is 294 g/mol. The van der Waals surface area contributed by atoms with Gasteiger partial charge >= 0.3 is 0 Å². The molecule has 0 aliphatic carbocycles. The minimum Gasteiger partial charge on any atom is -0.481 e. The number of halogens is 1. The van der Waals surface area contributed by atoms with Crippen molar-refractivity contribution in [2.45, 2.75) is 26.2 Å². The first-order chi connectivity index (χ1) is 9.58. The molecule has 20 heavy (non-hydrogen) atoms. The molecule has 1 aromatic heterocycles. The summed E-state index contributed by atoms with van der Waals surface area (Å²) < 4.78 is 7.35. The molecular formula is C15H20ClN3O. The van der Waals surface area contributed by atoms with Crippen molar-refractivity contribution in [1.82, 2.24) is 9.78 Å². The molecule has 5 heteroatoms. The van der Waals surface area contributed by atoms with E-state index < -0.39 is 0 Å². The molecule has 0 saturated carbocycles. The normalized spacial score (nSPS) is 11.1. The topological polar surface area (TPSA) is 53.1 Å². The van der Waals surface area contributed by atoms with Crippen LogP contribution < -0.4 is 10.5 Å². The van der Waals surface area contributed by atoms with Crippen LogP contribution >= 0.6 is 11.6 Å². The summed E-state index contributed by atoms with van der Waals surface area (Å²) in [4.78, 5) is 0. The highest BCUT2D eigenvalue weighted by Crippen LogP contribution is 2.31. The number of benzene rings is 1. The smallest absolute Gasteiger partial charge is 0.219 e. The highest BCUT2D eigenvalue weighted by Gasteiger charge is 2.21. The molecule has 2 rings (SSSR count). The largest absolute Gasteiger partial charge is 0.481 e. The van der Waals surface area contributed by atoms with Crippen LogP contribution in [-0.4, -0.2) is 23.4 Å². The van der Waals surface area contributed by atoms with Gasteiger partial charge in [0.05, 0.1) is 18.5 Å². The van der Waals surface area contributed by atoms with Crippen LogP contribution in [0, 0.1) is 0 Å². The Hall–Kier alpha value is -1.52. The fraction of sp³-hybridized carbons (Fsp3) is 0.400. The van der Waals surface area contributed by atoms with E-state index >= 15 is 0 Å². The maximum Gasteiger partial charge on any atom is 0.219 e. The molecule has 0 amide bonds. The highest BCUT2D eigenvalue weighted by molar-refractivity contribution is 6.30. The molecule has 0 spiro atoms. The van der Waals surface area contributed by atoms with Crippen molar-refractivity contribution in [3.05, 3.63) is 40.5 Å². The molecule has 0 fully saturated rings. The summed E-state index contributed by atoms with van der Waals surface area (Å²) >= 11 is 6.06. The fourth-order valence-corrected chi connectivity index (χ4v) is 2.47. The quantitative estimate of drug-likeness (QED) is 0.921. The Morgan fingerprint density at radius 3 is 2.70 bits per heavy atom. The number of hydrogen-bond donors (Lipinski definition) is 1. The highest BCUT2D eigenvalue weighted by atomic mass is 35.5. The van der Waals surface area contributed by atoms with Gasteiger partial charge in [-0.3, -0.25) is 0 Å². The second-order valence-electron chi connectivity index (χ2n) is 4.96. The van der Waals surface area contributed by atoms with Gasteiger partial charge in [-0.2, -0.15) is 5.10 Å². The van der Waals surface area contributed by atoms with E-state index in [9.17, 15) is 0 Å². The lowest BCUT2D eigenvalue weighted by atomic mass is 10.0. The summed E-state index contributed by atoms with van der Waals surface area (Å²) in [6.07, 6.45) is 0.747. The second-order valence-corrected chi connectivity index (χ2v) is 5.39. The van der Waals surface area contributed by atoms with Crippen LogP contribution in [0.2, 0.25) is 5.02 Å². The van der Waals surface area contributed by atoms with E-state index in [4.69, 9.17) is 22.1 Å². The molecule has 1 heterocycles. The van der Waals surface area contributed by atoms with Gasteiger partial charge in [0.15, 0.2) is 0 Å². The predicted molar refractivity (Wildman–Crippen MR) is 82.0 cm³/mol. The summed E-state index contributed by atoms with van der Waals surface area (Å²) in [7, 11) is 1.65. The third kappa shape index (κ3) is 2.81. The number of nitrogens with two attached hydrogens (primary N) is 1. The van der Waals surface area contributed by atoms with Gasteiger partial charge in [-0.05, 0) is 37.1 Å². The van der Waals surface area contributed by atoms with E-state index in [0.29, 0.717) is 17.5 Å². The van der Waals surface area contributed by atoms with E-state index in [1.165, 1.54) is 0 Å². The Morgan fingerprint density at radius 1 is 1.40 bits per heavy atom. The van der Waals surface area contributed by atoms with Crippen molar-refractivity contribution >= 4 is 11.6 Å². The lowest BCUT2D eigenvalue weighted by molar-refractivity contribution is 0.379. The molecule has 0 bridgehead atoms. The fourth-order valence-electron chi connectivity index (χ4n) is 2.29. The van der Waals surface area contributed by atoms with Gasteiger partial charge in [0.1, 0.15) is 0 Å². The van der Waals surface area contributed by atoms with Crippen molar-refractivity contribution in [3.63, 3.8) is 0 Å². The standard InChI is InChI=1S/C15H20ClN3O/c1-10(2)14-13(7-8-17)15(20-3)19(18-14)12-6-4-5-11(16)9-12/h4-6,9-10H,7-8,17H2,1-3H3. The summed E-state index contributed by atoms with van der Waals surface area (Å²) in [5.74, 6) is 1.05. The van der Waals surface area contributed by atoms with Crippen LogP contribution in [-0.2, 0) is 6.42 Å². The maximum atomic E-state index is 6.06. The second kappa shape index (κ2) is 6.29. The van der Waals surface area contributed by atoms with Crippen molar-refractivity contribution in [3.8, 4) is 11.6 Å². The number of aromatic nitrogens is 2. The molecule has 0 radical (unpaired) electrons. The van der Waals surface area contributed by atoms with Gasteiger partial charge in [0.25, 0.3) is 0 Å². The monoisotopic (exact) mass is 293 g/mol. The molecule has 0 saturated heterocycles. The molecule has 4 nitrogen and oxygen atoms in total. The van der Waals surface area contributed by atoms with E-state index in [1.54, 1.807) is 11.8 Å². The Bertz CT molecular complexity index is 593. The summed E-state index contributed by atoms with van der Waals surface area (Å²) in [6.45, 7) is 4.80. The number of rotatable bonds is 5. The third-order valence-corrected chi connectivity index (χ3v) is 3.39. The molecule has 0 unspecified atom stereocenters. The molecule has 108 valence electrons. The van der Waals surface area contributed by atoms with Crippen LogP contribution in [0.25, 0.3) is 5.69 Å². The number of hydrogen-bond acceptors (Lipinski definition) is 3. The SMILES string of the molecule is COc1c(CCN)c(C(C)C)nn1-c1cccc(Cl)c1. The van der Waals surface area contributed by atoms with Crippen LogP contribution in [0.3, 0.4) is 0 Å². The van der Waals surface area contributed by atoms with E-state index in [-0.39, 0.29) is 0 Å². The first-order valence-electron chi connectivity index (χ1n) is 6.70. The zero-order valence-corrected chi connectivity index (χ0v) is 12.8. The Kier molecular flexibility index (Phi) is 4.68. The summed E-state index contributed by atoms with van der Waals surface area (Å²) in [6, 6.07) is 7.56. The van der Waals surface area contributed by atoms with Gasteiger partial charge in [-0.1, -0.05) is 31.5 Å². The average Bonchev–Trinajstić information content (AvgIpc) is 2.78. The Balaban J connectivity index is 2.61. The van der Waals surface area contributed by atoms with Gasteiger partial charge in [0, 0.05) is 10.6 Å². The lowest BCUT2D eigenvalue weighted by Crippen LogP contribution is -2.06. The van der Waals surface area contributed by atoms with Crippen LogP contribution in [0.15, 0.2) is 24.3 Å². The predicted octanol–water partition coefficient (Wildman–Crippen LogP) is 3.16. The van der Waals surface area contributed by atoms with Crippen molar-refractivity contribution in [2.75, 3.05) is 13.7 Å². The lowest BCUT2D eigenvalue weighted by Gasteiger charge is -2.08. The minimum absolute atomic E-state index is 0.311. The van der Waals surface area contributed by atoms with Gasteiger partial charge < -0.3 is 10.5 Å². The summed E-state index contributed by atoms with van der Waals surface area (Å²) in [5, 5.41) is 5.36. The minimum atomic E-state index is 0.311. The first kappa shape index (κ1) is 14.9. The molecular weight excluding hydrogens is 274 g/mol.